The van der Waals surface area contributed by atoms with Gasteiger partial charge >= 0.3 is 0 Å². The average Bonchev–Trinajstić information content (AvgIpc) is 3.30. The third-order valence-corrected chi connectivity index (χ3v) is 6.90. The van der Waals surface area contributed by atoms with Gasteiger partial charge in [-0.2, -0.15) is 5.10 Å². The van der Waals surface area contributed by atoms with Crippen molar-refractivity contribution in [3.63, 3.8) is 0 Å². The number of aromatic nitrogens is 2. The van der Waals surface area contributed by atoms with Crippen LogP contribution >= 0.6 is 11.8 Å². The Morgan fingerprint density at radius 2 is 1.74 bits per heavy atom. The second kappa shape index (κ2) is 12.3. The molecule has 190 valence electrons. The molecular formula is C31H28N4O2S. The molecular weight excluding hydrogens is 492 g/mol. The Labute approximate surface area is 226 Å². The van der Waals surface area contributed by atoms with Gasteiger partial charge in [0.15, 0.2) is 5.16 Å². The first-order valence-corrected chi connectivity index (χ1v) is 13.3. The third-order valence-electron chi connectivity index (χ3n) is 5.92. The second-order valence-corrected chi connectivity index (χ2v) is 9.83. The van der Waals surface area contributed by atoms with Crippen molar-refractivity contribution < 1.29 is 9.53 Å². The Balaban J connectivity index is 1.18. The summed E-state index contributed by atoms with van der Waals surface area (Å²) in [6.45, 7) is 3.25. The van der Waals surface area contributed by atoms with E-state index in [2.05, 4.69) is 52.3 Å². The molecule has 38 heavy (non-hydrogen) atoms. The number of benzene rings is 4. The summed E-state index contributed by atoms with van der Waals surface area (Å²) in [7, 11) is 0. The maximum atomic E-state index is 12.5. The van der Waals surface area contributed by atoms with Crippen molar-refractivity contribution >= 4 is 34.9 Å². The number of aryl methyl sites for hydroxylation is 1. The molecule has 1 heterocycles. The lowest BCUT2D eigenvalue weighted by Crippen LogP contribution is -2.20. The molecule has 4 aromatic carbocycles. The third kappa shape index (κ3) is 6.69. The number of rotatable bonds is 10. The van der Waals surface area contributed by atoms with Gasteiger partial charge in [-0.25, -0.2) is 10.4 Å². The molecule has 1 aromatic heterocycles. The maximum absolute atomic E-state index is 12.5. The van der Waals surface area contributed by atoms with E-state index in [1.165, 1.54) is 22.9 Å². The zero-order chi connectivity index (χ0) is 26.2. The predicted molar refractivity (Wildman–Crippen MR) is 154 cm³/mol. The highest BCUT2D eigenvalue weighted by Gasteiger charge is 2.13. The number of nitrogens with zero attached hydrogens (tertiary/aromatic N) is 3. The number of thioether (sulfide) groups is 1. The summed E-state index contributed by atoms with van der Waals surface area (Å²) in [5, 5.41) is 4.93. The Morgan fingerprint density at radius 3 is 2.58 bits per heavy atom. The normalized spacial score (nSPS) is 11.2. The van der Waals surface area contributed by atoms with Gasteiger partial charge in [0, 0.05) is 0 Å². The van der Waals surface area contributed by atoms with Crippen molar-refractivity contribution in [3.05, 3.63) is 125 Å². The van der Waals surface area contributed by atoms with Crippen LogP contribution in [0, 0.1) is 6.92 Å². The standard InChI is InChI=1S/C31H28N4O2S/c1-23-14-16-24(17-15-23)20-35-29-13-6-5-12-28(29)33-31(35)38-22-30(36)34-32-19-26-10-7-11-27(18-26)37-21-25-8-3-2-4-9-25/h2-19H,20-22H2,1H3,(H,34,36). The summed E-state index contributed by atoms with van der Waals surface area (Å²) in [4.78, 5) is 17.3. The Bertz CT molecular complexity index is 1550. The van der Waals surface area contributed by atoms with Crippen LogP contribution in [0.25, 0.3) is 11.0 Å². The summed E-state index contributed by atoms with van der Waals surface area (Å²) >= 11 is 1.40. The summed E-state index contributed by atoms with van der Waals surface area (Å²) < 4.78 is 8.03. The number of hydrogen-bond donors (Lipinski definition) is 1. The molecule has 0 fully saturated rings. The zero-order valence-corrected chi connectivity index (χ0v) is 21.9. The van der Waals surface area contributed by atoms with Crippen LogP contribution in [0.2, 0.25) is 0 Å². The highest BCUT2D eigenvalue weighted by molar-refractivity contribution is 7.99. The topological polar surface area (TPSA) is 68.5 Å². The van der Waals surface area contributed by atoms with Crippen LogP contribution in [0.15, 0.2) is 113 Å². The van der Waals surface area contributed by atoms with Crippen LogP contribution in [0.4, 0.5) is 0 Å². The van der Waals surface area contributed by atoms with Crippen molar-refractivity contribution in [2.24, 2.45) is 5.10 Å². The van der Waals surface area contributed by atoms with E-state index in [-0.39, 0.29) is 11.7 Å². The van der Waals surface area contributed by atoms with Gasteiger partial charge in [0.2, 0.25) is 0 Å². The van der Waals surface area contributed by atoms with E-state index in [1.54, 1.807) is 6.21 Å². The first-order chi connectivity index (χ1) is 18.6. The molecule has 5 aromatic rings. The number of imidazole rings is 1. The number of carbonyl (C=O) groups is 1. The van der Waals surface area contributed by atoms with E-state index in [0.29, 0.717) is 13.2 Å². The minimum absolute atomic E-state index is 0.198. The fourth-order valence-corrected chi connectivity index (χ4v) is 4.77. The van der Waals surface area contributed by atoms with Gasteiger partial charge in [-0.05, 0) is 47.9 Å². The first kappa shape index (κ1) is 25.3. The summed E-state index contributed by atoms with van der Waals surface area (Å²) in [5.74, 6) is 0.748. The number of hydrazone groups is 1. The van der Waals surface area contributed by atoms with Crippen molar-refractivity contribution in [2.45, 2.75) is 25.2 Å². The molecule has 7 heteroatoms. The smallest absolute Gasteiger partial charge is 0.250 e. The maximum Gasteiger partial charge on any atom is 0.250 e. The molecule has 0 aliphatic carbocycles. The monoisotopic (exact) mass is 520 g/mol. The number of nitrogens with one attached hydrogen (secondary N) is 1. The molecule has 0 unspecified atom stereocenters. The van der Waals surface area contributed by atoms with Crippen LogP contribution in [-0.4, -0.2) is 27.4 Å². The second-order valence-electron chi connectivity index (χ2n) is 8.88. The molecule has 5 rings (SSSR count). The van der Waals surface area contributed by atoms with E-state index in [0.717, 1.165) is 33.1 Å². The largest absolute Gasteiger partial charge is 0.489 e. The van der Waals surface area contributed by atoms with Crippen LogP contribution in [0.3, 0.4) is 0 Å². The molecule has 0 spiro atoms. The van der Waals surface area contributed by atoms with E-state index < -0.39 is 0 Å². The lowest BCUT2D eigenvalue weighted by atomic mass is 10.1. The number of amides is 1. The van der Waals surface area contributed by atoms with Gasteiger partial charge in [0.1, 0.15) is 12.4 Å². The minimum Gasteiger partial charge on any atom is -0.489 e. The molecule has 0 aliphatic heterocycles. The summed E-state index contributed by atoms with van der Waals surface area (Å²) in [6, 6.07) is 34.1. The number of para-hydroxylation sites is 2. The van der Waals surface area contributed by atoms with E-state index in [4.69, 9.17) is 9.72 Å². The van der Waals surface area contributed by atoms with Crippen LogP contribution in [0.5, 0.6) is 5.75 Å². The highest BCUT2D eigenvalue weighted by Crippen LogP contribution is 2.25. The van der Waals surface area contributed by atoms with Crippen molar-refractivity contribution in [3.8, 4) is 5.75 Å². The molecule has 0 aliphatic rings. The van der Waals surface area contributed by atoms with Crippen LogP contribution in [0.1, 0.15) is 22.3 Å². The first-order valence-electron chi connectivity index (χ1n) is 12.4. The average molecular weight is 521 g/mol. The van der Waals surface area contributed by atoms with Gasteiger partial charge in [-0.3, -0.25) is 4.79 Å². The molecule has 1 amide bonds. The van der Waals surface area contributed by atoms with Gasteiger partial charge in [-0.1, -0.05) is 96.2 Å². The van der Waals surface area contributed by atoms with E-state index in [9.17, 15) is 4.79 Å². The number of carbonyl (C=O) groups excluding carboxylic acids is 1. The minimum atomic E-state index is -0.198. The SMILES string of the molecule is Cc1ccc(Cn2c(SCC(=O)NN=Cc3cccc(OCc4ccccc4)c3)nc3ccccc32)cc1. The van der Waals surface area contributed by atoms with Gasteiger partial charge < -0.3 is 9.30 Å². The van der Waals surface area contributed by atoms with Crippen LogP contribution in [-0.2, 0) is 17.9 Å². The lowest BCUT2D eigenvalue weighted by Gasteiger charge is -2.09. The van der Waals surface area contributed by atoms with Gasteiger partial charge in [0.05, 0.1) is 29.5 Å². The lowest BCUT2D eigenvalue weighted by molar-refractivity contribution is -0.118. The van der Waals surface area contributed by atoms with Crippen LogP contribution < -0.4 is 10.2 Å². The van der Waals surface area contributed by atoms with Crippen molar-refractivity contribution in [1.29, 1.82) is 0 Å². The van der Waals surface area contributed by atoms with Crippen molar-refractivity contribution in [2.75, 3.05) is 5.75 Å². The zero-order valence-electron chi connectivity index (χ0n) is 21.1. The molecule has 0 saturated carbocycles. The molecule has 6 nitrogen and oxygen atoms in total. The van der Waals surface area contributed by atoms with E-state index in [1.807, 2.05) is 72.8 Å². The molecule has 0 saturated heterocycles. The fourth-order valence-electron chi connectivity index (χ4n) is 3.96. The highest BCUT2D eigenvalue weighted by atomic mass is 32.2. The number of ether oxygens (including phenoxy) is 1. The van der Waals surface area contributed by atoms with E-state index >= 15 is 0 Å². The van der Waals surface area contributed by atoms with Crippen molar-refractivity contribution in [1.82, 2.24) is 15.0 Å². The molecule has 0 radical (unpaired) electrons. The van der Waals surface area contributed by atoms with Gasteiger partial charge in [-0.15, -0.1) is 0 Å². The summed E-state index contributed by atoms with van der Waals surface area (Å²) in [5.41, 5.74) is 8.92. The predicted octanol–water partition coefficient (Wildman–Crippen LogP) is 6.21. The molecule has 1 N–H and O–H groups in total. The number of fused-ring (bicyclic) bond motifs is 1. The quantitative estimate of drug-likeness (QED) is 0.135. The summed E-state index contributed by atoms with van der Waals surface area (Å²) in [6.07, 6.45) is 1.62. The Morgan fingerprint density at radius 1 is 0.947 bits per heavy atom. The Kier molecular flexibility index (Phi) is 8.16. The van der Waals surface area contributed by atoms with Gasteiger partial charge in [0.25, 0.3) is 5.91 Å². The Hall–Kier alpha value is -4.36. The number of hydrogen-bond acceptors (Lipinski definition) is 5. The molecule has 0 atom stereocenters. The molecule has 0 bridgehead atoms. The fraction of sp³-hybridized carbons (Fsp3) is 0.129.